The van der Waals surface area contributed by atoms with E-state index in [2.05, 4.69) is 39.3 Å². The van der Waals surface area contributed by atoms with Gasteiger partial charge in [0.15, 0.2) is 0 Å². The molecule has 0 aliphatic heterocycles. The third-order valence-corrected chi connectivity index (χ3v) is 9.56. The summed E-state index contributed by atoms with van der Waals surface area (Å²) in [5.74, 6) is 0. The molecule has 1 heterocycles. The third kappa shape index (κ3) is 7.90. The van der Waals surface area contributed by atoms with Crippen molar-refractivity contribution in [2.45, 2.75) is 96.3 Å². The number of nitrogens with zero attached hydrogens (tertiary/aromatic N) is 3. The van der Waals surface area contributed by atoms with Crippen molar-refractivity contribution < 1.29 is 0 Å². The van der Waals surface area contributed by atoms with Crippen molar-refractivity contribution in [2.75, 3.05) is 0 Å². The molecule has 6 nitrogen and oxygen atoms in total. The lowest BCUT2D eigenvalue weighted by molar-refractivity contribution is 0.437. The third-order valence-electron chi connectivity index (χ3n) is 4.88. The first-order valence-corrected chi connectivity index (χ1v) is 20.0. The molecule has 0 bridgehead atoms. The van der Waals surface area contributed by atoms with E-state index >= 15 is 0 Å². The Hall–Kier alpha value is -0.939. The maximum atomic E-state index is 12.8. The lowest BCUT2D eigenvalue weighted by Crippen LogP contribution is -2.54. The van der Waals surface area contributed by atoms with E-state index in [9.17, 15) is 14.4 Å². The van der Waals surface area contributed by atoms with Crippen molar-refractivity contribution in [3.63, 3.8) is 0 Å². The van der Waals surface area contributed by atoms with Crippen molar-refractivity contribution in [2.24, 2.45) is 0 Å². The van der Waals surface area contributed by atoms with Gasteiger partial charge in [0, 0.05) is 46.0 Å². The molecule has 0 fully saturated rings. The molecule has 0 amide bonds. The van der Waals surface area contributed by atoms with Crippen LogP contribution in [0.15, 0.2) is 14.4 Å². The van der Waals surface area contributed by atoms with Gasteiger partial charge in [0.2, 0.25) is 0 Å². The minimum Gasteiger partial charge on any atom is -0.247 e. The fourth-order valence-electron chi connectivity index (χ4n) is 3.23. The number of hydrogen-bond acceptors (Lipinski definition) is 3. The Kier molecular flexibility index (Phi) is 10.5. The van der Waals surface area contributed by atoms with Gasteiger partial charge in [-0.15, -0.1) is 0 Å². The van der Waals surface area contributed by atoms with Gasteiger partial charge >= 0.3 is 17.1 Å². The van der Waals surface area contributed by atoms with Gasteiger partial charge in [0.25, 0.3) is 0 Å². The molecular formula is C18H39N3O3Si3. The predicted octanol–water partition coefficient (Wildman–Crippen LogP) is 1.80. The van der Waals surface area contributed by atoms with Gasteiger partial charge in [-0.2, -0.15) is 0 Å². The van der Waals surface area contributed by atoms with Gasteiger partial charge in [-0.3, -0.25) is 0 Å². The number of aromatic nitrogens is 3. The largest absolute Gasteiger partial charge is 0.336 e. The number of hydrogen-bond donors (Lipinski definition) is 0. The standard InChI is InChI=1S/C18H39N3O3Si3/c1-25(2)13-7-10-19-16(22)20(11-8-14-26(3)4)18(24)21(17(19)23)12-9-15-27(5)6/h25-27H,7-15H2,1-6H3. The second kappa shape index (κ2) is 11.8. The highest BCUT2D eigenvalue weighted by molar-refractivity contribution is 6.56. The Labute approximate surface area is 168 Å². The van der Waals surface area contributed by atoms with Gasteiger partial charge in [-0.25, -0.2) is 28.1 Å². The van der Waals surface area contributed by atoms with Crippen LogP contribution in [-0.4, -0.2) is 40.1 Å². The van der Waals surface area contributed by atoms with Crippen molar-refractivity contribution in [3.8, 4) is 0 Å². The predicted molar refractivity (Wildman–Crippen MR) is 124 cm³/mol. The van der Waals surface area contributed by atoms with Gasteiger partial charge in [-0.05, 0) is 19.3 Å². The Morgan fingerprint density at radius 1 is 0.519 bits per heavy atom. The summed E-state index contributed by atoms with van der Waals surface area (Å²) in [6, 6.07) is 3.30. The van der Waals surface area contributed by atoms with Crippen LogP contribution >= 0.6 is 0 Å². The first-order valence-electron chi connectivity index (χ1n) is 10.6. The van der Waals surface area contributed by atoms with Crippen molar-refractivity contribution in [1.82, 2.24) is 13.7 Å². The average Bonchev–Trinajstić information content (AvgIpc) is 2.56. The molecule has 27 heavy (non-hydrogen) atoms. The quantitative estimate of drug-likeness (QED) is 0.476. The van der Waals surface area contributed by atoms with Crippen molar-refractivity contribution in [1.29, 1.82) is 0 Å². The SMILES string of the molecule is C[SiH](C)CCCn1c(=O)n(CCC[SiH](C)C)c(=O)n(CCC[SiH](C)C)c1=O. The summed E-state index contributed by atoms with van der Waals surface area (Å²) in [5, 5.41) is 0. The Balaban J connectivity index is 3.20. The summed E-state index contributed by atoms with van der Waals surface area (Å²) < 4.78 is 3.95. The summed E-state index contributed by atoms with van der Waals surface area (Å²) in [7, 11) is -2.16. The first kappa shape index (κ1) is 24.1. The van der Waals surface area contributed by atoms with E-state index in [-0.39, 0.29) is 0 Å². The summed E-state index contributed by atoms with van der Waals surface area (Å²) in [6.45, 7) is 14.9. The van der Waals surface area contributed by atoms with E-state index in [1.54, 1.807) is 0 Å². The van der Waals surface area contributed by atoms with E-state index in [1.165, 1.54) is 13.7 Å². The molecule has 0 spiro atoms. The average molecular weight is 430 g/mol. The molecule has 0 atom stereocenters. The molecule has 0 aliphatic carbocycles. The van der Waals surface area contributed by atoms with E-state index < -0.39 is 43.5 Å². The van der Waals surface area contributed by atoms with Crippen molar-refractivity contribution in [3.05, 3.63) is 31.5 Å². The molecule has 0 saturated carbocycles. The summed E-state index contributed by atoms with van der Waals surface area (Å²) in [6.07, 6.45) is 2.53. The molecule has 9 heteroatoms. The van der Waals surface area contributed by atoms with Crippen LogP contribution in [0.4, 0.5) is 0 Å². The highest BCUT2D eigenvalue weighted by Crippen LogP contribution is 2.01. The second-order valence-electron chi connectivity index (χ2n) is 8.91. The molecule has 1 aromatic rings. The summed E-state index contributed by atoms with van der Waals surface area (Å²) in [4.78, 5) is 38.5. The topological polar surface area (TPSA) is 66.0 Å². The van der Waals surface area contributed by atoms with Crippen LogP contribution in [0.5, 0.6) is 0 Å². The fourth-order valence-corrected chi connectivity index (χ4v) is 6.23. The fraction of sp³-hybridized carbons (Fsp3) is 0.833. The normalized spacial score (nSPS) is 11.9. The molecule has 0 aromatic carbocycles. The lowest BCUT2D eigenvalue weighted by atomic mass is 10.4. The van der Waals surface area contributed by atoms with Crippen LogP contribution in [0.25, 0.3) is 0 Å². The molecule has 156 valence electrons. The van der Waals surface area contributed by atoms with Crippen LogP contribution in [-0.2, 0) is 19.6 Å². The zero-order valence-corrected chi connectivity index (χ0v) is 21.6. The molecule has 0 saturated heterocycles. The molecule has 0 radical (unpaired) electrons. The van der Waals surface area contributed by atoms with Gasteiger partial charge in [-0.1, -0.05) is 57.4 Å². The molecular weight excluding hydrogens is 390 g/mol. The monoisotopic (exact) mass is 429 g/mol. The highest BCUT2D eigenvalue weighted by Gasteiger charge is 2.15. The maximum absolute atomic E-state index is 12.8. The Morgan fingerprint density at radius 3 is 0.926 bits per heavy atom. The van der Waals surface area contributed by atoms with Crippen LogP contribution < -0.4 is 17.1 Å². The minimum atomic E-state index is -0.721. The van der Waals surface area contributed by atoms with E-state index in [0.717, 1.165) is 37.4 Å². The number of rotatable bonds is 12. The van der Waals surface area contributed by atoms with E-state index in [1.807, 2.05) is 0 Å². The van der Waals surface area contributed by atoms with Gasteiger partial charge in [0.1, 0.15) is 0 Å². The summed E-state index contributed by atoms with van der Waals surface area (Å²) >= 11 is 0. The van der Waals surface area contributed by atoms with Crippen molar-refractivity contribution >= 4 is 26.4 Å². The molecule has 1 aromatic heterocycles. The van der Waals surface area contributed by atoms with Crippen LogP contribution in [0.1, 0.15) is 19.3 Å². The van der Waals surface area contributed by atoms with Gasteiger partial charge < -0.3 is 0 Å². The molecule has 0 unspecified atom stereocenters. The smallest absolute Gasteiger partial charge is 0.247 e. The molecule has 0 N–H and O–H groups in total. The van der Waals surface area contributed by atoms with Crippen LogP contribution in [0, 0.1) is 0 Å². The maximum Gasteiger partial charge on any atom is 0.336 e. The Bertz CT molecular complexity index is 621. The van der Waals surface area contributed by atoms with Crippen LogP contribution in [0.3, 0.4) is 0 Å². The minimum absolute atomic E-state index is 0.407. The second-order valence-corrected chi connectivity index (χ2v) is 19.0. The van der Waals surface area contributed by atoms with Gasteiger partial charge in [0.05, 0.1) is 0 Å². The van der Waals surface area contributed by atoms with E-state index in [4.69, 9.17) is 0 Å². The first-order chi connectivity index (χ1) is 12.6. The lowest BCUT2D eigenvalue weighted by Gasteiger charge is -2.15. The van der Waals surface area contributed by atoms with E-state index in [0.29, 0.717) is 19.6 Å². The highest BCUT2D eigenvalue weighted by atomic mass is 28.3. The molecule has 1 rings (SSSR count). The Morgan fingerprint density at radius 2 is 0.741 bits per heavy atom. The zero-order chi connectivity index (χ0) is 20.6. The summed E-state index contributed by atoms with van der Waals surface area (Å²) in [5.41, 5.74) is -1.22. The van der Waals surface area contributed by atoms with Crippen LogP contribution in [0.2, 0.25) is 57.4 Å². The zero-order valence-electron chi connectivity index (χ0n) is 18.2. The molecule has 0 aliphatic rings.